The van der Waals surface area contributed by atoms with Crippen molar-refractivity contribution >= 4 is 28.9 Å². The molecule has 1 unspecified atom stereocenters. The SMILES string of the molecule is C=CC(=O)Nc1ccccc1C1CCNc2c(C(N)=O)c(C3=CC=C(OCC4CC4)CC3)nn21. The summed E-state index contributed by atoms with van der Waals surface area (Å²) >= 11 is 0. The lowest BCUT2D eigenvalue weighted by molar-refractivity contribution is -0.111. The first-order chi connectivity index (χ1) is 16.5. The summed E-state index contributed by atoms with van der Waals surface area (Å²) in [5.74, 6) is 1.50. The molecule has 2 amide bonds. The molecule has 0 bridgehead atoms. The predicted molar refractivity (Wildman–Crippen MR) is 131 cm³/mol. The van der Waals surface area contributed by atoms with Crippen molar-refractivity contribution in [2.75, 3.05) is 23.8 Å². The Morgan fingerprint density at radius 1 is 1.24 bits per heavy atom. The van der Waals surface area contributed by atoms with Gasteiger partial charge in [0.1, 0.15) is 17.1 Å². The van der Waals surface area contributed by atoms with E-state index in [1.165, 1.54) is 18.9 Å². The molecule has 5 rings (SSSR count). The van der Waals surface area contributed by atoms with Gasteiger partial charge in [0.05, 0.1) is 18.4 Å². The summed E-state index contributed by atoms with van der Waals surface area (Å²) in [5.41, 5.74) is 9.41. The molecule has 1 aliphatic heterocycles. The highest BCUT2D eigenvalue weighted by molar-refractivity contribution is 6.02. The van der Waals surface area contributed by atoms with Crippen LogP contribution < -0.4 is 16.4 Å². The topological polar surface area (TPSA) is 111 Å². The molecule has 2 aliphatic carbocycles. The number of fused-ring (bicyclic) bond motifs is 1. The van der Waals surface area contributed by atoms with Gasteiger partial charge in [-0.1, -0.05) is 30.9 Å². The number of rotatable bonds is 8. The summed E-state index contributed by atoms with van der Waals surface area (Å²) < 4.78 is 7.76. The number of benzene rings is 1. The number of amides is 2. The molecule has 0 saturated heterocycles. The summed E-state index contributed by atoms with van der Waals surface area (Å²) in [6.07, 6.45) is 9.96. The Morgan fingerprint density at radius 3 is 2.76 bits per heavy atom. The fraction of sp³-hybridized carbons (Fsp3) is 0.346. The van der Waals surface area contributed by atoms with Gasteiger partial charge < -0.3 is 21.1 Å². The van der Waals surface area contributed by atoms with Gasteiger partial charge in [-0.15, -0.1) is 0 Å². The van der Waals surface area contributed by atoms with Crippen LogP contribution in [0.15, 0.2) is 54.8 Å². The Bertz CT molecular complexity index is 1210. The lowest BCUT2D eigenvalue weighted by Gasteiger charge is -2.28. The highest BCUT2D eigenvalue weighted by atomic mass is 16.5. The van der Waals surface area contributed by atoms with E-state index in [9.17, 15) is 9.59 Å². The van der Waals surface area contributed by atoms with Crippen LogP contribution in [0.1, 0.15) is 59.8 Å². The van der Waals surface area contributed by atoms with Gasteiger partial charge >= 0.3 is 0 Å². The summed E-state index contributed by atoms with van der Waals surface area (Å²) in [6, 6.07) is 7.46. The number of carbonyl (C=O) groups excluding carboxylic acids is 2. The van der Waals surface area contributed by atoms with Crippen LogP contribution >= 0.6 is 0 Å². The molecule has 2 heterocycles. The Hall–Kier alpha value is -3.81. The van der Waals surface area contributed by atoms with E-state index in [0.29, 0.717) is 35.2 Å². The molecule has 8 nitrogen and oxygen atoms in total. The zero-order valence-corrected chi connectivity index (χ0v) is 19.0. The number of nitrogens with zero attached hydrogens (tertiary/aromatic N) is 2. The fourth-order valence-corrected chi connectivity index (χ4v) is 4.55. The number of nitrogens with one attached hydrogen (secondary N) is 2. The molecule has 1 saturated carbocycles. The van der Waals surface area contributed by atoms with Crippen molar-refractivity contribution in [3.63, 3.8) is 0 Å². The molecule has 3 aliphatic rings. The van der Waals surface area contributed by atoms with E-state index in [2.05, 4.69) is 17.2 Å². The van der Waals surface area contributed by atoms with E-state index >= 15 is 0 Å². The Balaban J connectivity index is 1.50. The predicted octanol–water partition coefficient (Wildman–Crippen LogP) is 4.00. The standard InChI is InChI=1S/C26H29N5O3/c1-2-22(32)29-20-6-4-3-5-19(20)21-13-14-28-26-23(25(27)33)24(30-31(21)26)17-9-11-18(12-10-17)34-15-16-7-8-16/h2-6,9,11,16,21,28H,1,7-8,10,12-15H2,(H2,27,33)(H,29,32). The maximum atomic E-state index is 12.5. The van der Waals surface area contributed by atoms with Crippen molar-refractivity contribution in [2.45, 2.75) is 38.1 Å². The first-order valence-corrected chi connectivity index (χ1v) is 11.8. The molecule has 8 heteroatoms. The maximum absolute atomic E-state index is 12.5. The number of aromatic nitrogens is 2. The molecule has 4 N–H and O–H groups in total. The van der Waals surface area contributed by atoms with Crippen molar-refractivity contribution in [3.05, 3.63) is 71.7 Å². The van der Waals surface area contributed by atoms with Crippen LogP contribution in [0.4, 0.5) is 11.5 Å². The number of anilines is 2. The highest BCUT2D eigenvalue weighted by Crippen LogP contribution is 2.39. The van der Waals surface area contributed by atoms with Crippen LogP contribution in [0.25, 0.3) is 5.57 Å². The average Bonchev–Trinajstić information content (AvgIpc) is 3.60. The number of para-hydroxylation sites is 1. The van der Waals surface area contributed by atoms with Gasteiger partial charge in [0, 0.05) is 24.2 Å². The Kier molecular flexibility index (Phi) is 5.96. The van der Waals surface area contributed by atoms with Crippen LogP contribution in [-0.2, 0) is 9.53 Å². The molecule has 0 spiro atoms. The minimum absolute atomic E-state index is 0.165. The van der Waals surface area contributed by atoms with E-state index in [-0.39, 0.29) is 11.9 Å². The van der Waals surface area contributed by atoms with E-state index in [1.54, 1.807) is 0 Å². The first-order valence-electron chi connectivity index (χ1n) is 11.8. The fourth-order valence-electron chi connectivity index (χ4n) is 4.55. The number of nitrogens with two attached hydrogens (primary N) is 1. The van der Waals surface area contributed by atoms with E-state index < -0.39 is 5.91 Å². The van der Waals surface area contributed by atoms with Gasteiger partial charge in [-0.25, -0.2) is 4.68 Å². The van der Waals surface area contributed by atoms with Gasteiger partial charge in [0.25, 0.3) is 5.91 Å². The third-order valence-electron chi connectivity index (χ3n) is 6.54. The zero-order valence-electron chi connectivity index (χ0n) is 19.0. The lowest BCUT2D eigenvalue weighted by Crippen LogP contribution is -2.27. The van der Waals surface area contributed by atoms with Crippen molar-refractivity contribution < 1.29 is 14.3 Å². The smallest absolute Gasteiger partial charge is 0.254 e. The van der Waals surface area contributed by atoms with Crippen molar-refractivity contribution in [3.8, 4) is 0 Å². The van der Waals surface area contributed by atoms with Crippen molar-refractivity contribution in [1.82, 2.24) is 9.78 Å². The molecule has 2 aromatic rings. The molecule has 1 atom stereocenters. The number of carbonyl (C=O) groups is 2. The lowest BCUT2D eigenvalue weighted by atomic mass is 9.97. The number of hydrogen-bond acceptors (Lipinski definition) is 5. The molecule has 1 aromatic heterocycles. The monoisotopic (exact) mass is 459 g/mol. The minimum atomic E-state index is -0.515. The third-order valence-corrected chi connectivity index (χ3v) is 6.54. The molecular formula is C26H29N5O3. The summed E-state index contributed by atoms with van der Waals surface area (Å²) in [6.45, 7) is 4.97. The van der Waals surface area contributed by atoms with Crippen LogP contribution in [0.3, 0.4) is 0 Å². The highest BCUT2D eigenvalue weighted by Gasteiger charge is 2.32. The second-order valence-corrected chi connectivity index (χ2v) is 8.97. The van der Waals surface area contributed by atoms with Gasteiger partial charge in [0.15, 0.2) is 0 Å². The molecule has 1 aromatic carbocycles. The second-order valence-electron chi connectivity index (χ2n) is 8.97. The van der Waals surface area contributed by atoms with E-state index in [1.807, 2.05) is 41.1 Å². The van der Waals surface area contributed by atoms with Crippen LogP contribution in [0.5, 0.6) is 0 Å². The Morgan fingerprint density at radius 2 is 2.06 bits per heavy atom. The van der Waals surface area contributed by atoms with Gasteiger partial charge in [-0.3, -0.25) is 9.59 Å². The molecule has 1 fully saturated rings. The largest absolute Gasteiger partial charge is 0.498 e. The number of hydrogen-bond donors (Lipinski definition) is 3. The summed E-state index contributed by atoms with van der Waals surface area (Å²) in [4.78, 5) is 24.5. The van der Waals surface area contributed by atoms with E-state index in [4.69, 9.17) is 15.6 Å². The number of primary amides is 1. The van der Waals surface area contributed by atoms with Gasteiger partial charge in [-0.2, -0.15) is 5.10 Å². The minimum Gasteiger partial charge on any atom is -0.498 e. The van der Waals surface area contributed by atoms with Gasteiger partial charge in [0.2, 0.25) is 5.91 Å². The van der Waals surface area contributed by atoms with Crippen molar-refractivity contribution in [2.24, 2.45) is 11.7 Å². The van der Waals surface area contributed by atoms with Gasteiger partial charge in [-0.05, 0) is 55.4 Å². The maximum Gasteiger partial charge on any atom is 0.254 e. The van der Waals surface area contributed by atoms with E-state index in [0.717, 1.165) is 42.8 Å². The van der Waals surface area contributed by atoms with Crippen molar-refractivity contribution in [1.29, 1.82) is 0 Å². The summed E-state index contributed by atoms with van der Waals surface area (Å²) in [7, 11) is 0. The second kappa shape index (κ2) is 9.21. The van der Waals surface area contributed by atoms with Crippen LogP contribution in [0.2, 0.25) is 0 Å². The zero-order chi connectivity index (χ0) is 23.7. The average molecular weight is 460 g/mol. The third kappa shape index (κ3) is 4.35. The molecular weight excluding hydrogens is 430 g/mol. The number of allylic oxidation sites excluding steroid dienone is 4. The Labute approximate surface area is 198 Å². The number of ether oxygens (including phenoxy) is 1. The molecule has 34 heavy (non-hydrogen) atoms. The quantitative estimate of drug-likeness (QED) is 0.517. The van der Waals surface area contributed by atoms with Crippen LogP contribution in [0, 0.1) is 5.92 Å². The summed E-state index contributed by atoms with van der Waals surface area (Å²) in [5, 5.41) is 11.1. The molecule has 0 radical (unpaired) electrons. The molecule has 176 valence electrons. The first kappa shape index (κ1) is 22.0. The normalized spacial score (nSPS) is 19.2. The van der Waals surface area contributed by atoms with Crippen LogP contribution in [-0.4, -0.2) is 34.7 Å².